The second kappa shape index (κ2) is 9.13. The van der Waals surface area contributed by atoms with Gasteiger partial charge >= 0.3 is 0 Å². The summed E-state index contributed by atoms with van der Waals surface area (Å²) in [5.74, 6) is 0.0823. The van der Waals surface area contributed by atoms with Crippen LogP contribution >= 0.6 is 12.4 Å². The first-order valence-electron chi connectivity index (χ1n) is 7.92. The molecule has 3 N–H and O–H groups in total. The number of benzene rings is 1. The predicted octanol–water partition coefficient (Wildman–Crippen LogP) is 2.49. The Balaban J connectivity index is 0.00000242. The summed E-state index contributed by atoms with van der Waals surface area (Å²) in [6.07, 6.45) is 3.47. The number of carbonyl (C=O) groups excluding carboxylic acids is 1. The Morgan fingerprint density at radius 2 is 2.00 bits per heavy atom. The zero-order valence-corrected chi connectivity index (χ0v) is 14.3. The third-order valence-corrected chi connectivity index (χ3v) is 4.29. The van der Waals surface area contributed by atoms with Gasteiger partial charge in [0.1, 0.15) is 0 Å². The molecule has 0 bridgehead atoms. The molecule has 2 rings (SSSR count). The molecule has 3 atom stereocenters. The van der Waals surface area contributed by atoms with Crippen LogP contribution < -0.4 is 11.1 Å². The average molecular weight is 326 g/mol. The van der Waals surface area contributed by atoms with Crippen molar-refractivity contribution in [1.82, 2.24) is 10.2 Å². The van der Waals surface area contributed by atoms with Crippen molar-refractivity contribution in [2.75, 3.05) is 13.1 Å². The van der Waals surface area contributed by atoms with Gasteiger partial charge in [-0.05, 0) is 38.8 Å². The molecule has 1 aliphatic heterocycles. The molecular weight excluding hydrogens is 298 g/mol. The lowest BCUT2D eigenvalue weighted by Crippen LogP contribution is -2.52. The monoisotopic (exact) mass is 325 g/mol. The van der Waals surface area contributed by atoms with Gasteiger partial charge in [0.15, 0.2) is 0 Å². The van der Waals surface area contributed by atoms with Crippen LogP contribution in [0.5, 0.6) is 0 Å². The zero-order valence-electron chi connectivity index (χ0n) is 13.5. The van der Waals surface area contributed by atoms with E-state index in [4.69, 9.17) is 5.73 Å². The van der Waals surface area contributed by atoms with Gasteiger partial charge in [-0.1, -0.05) is 36.8 Å². The molecule has 1 aliphatic rings. The van der Waals surface area contributed by atoms with Crippen molar-refractivity contribution >= 4 is 18.3 Å². The molecule has 124 valence electrons. The largest absolute Gasteiger partial charge is 0.348 e. The number of piperidine rings is 1. The van der Waals surface area contributed by atoms with Gasteiger partial charge in [0, 0.05) is 12.1 Å². The highest BCUT2D eigenvalue weighted by molar-refractivity contribution is 5.85. The molecule has 0 aromatic heterocycles. The highest BCUT2D eigenvalue weighted by Gasteiger charge is 2.27. The van der Waals surface area contributed by atoms with Crippen LogP contribution in [0.3, 0.4) is 0 Å². The van der Waals surface area contributed by atoms with Crippen LogP contribution in [0.4, 0.5) is 0 Å². The molecule has 1 heterocycles. The van der Waals surface area contributed by atoms with Crippen LogP contribution in [0.1, 0.15) is 44.7 Å². The maximum atomic E-state index is 12.3. The third kappa shape index (κ3) is 5.27. The first kappa shape index (κ1) is 18.9. The van der Waals surface area contributed by atoms with Crippen LogP contribution in [0.2, 0.25) is 0 Å². The van der Waals surface area contributed by atoms with Gasteiger partial charge in [0.05, 0.1) is 12.6 Å². The summed E-state index contributed by atoms with van der Waals surface area (Å²) in [6, 6.07) is 10.5. The van der Waals surface area contributed by atoms with Crippen molar-refractivity contribution in [3.05, 3.63) is 35.9 Å². The van der Waals surface area contributed by atoms with E-state index in [0.717, 1.165) is 24.9 Å². The standard InChI is InChI=1S/C17H27N3O.ClH/c1-13(18)16-10-6-7-11-20(16)12-17(21)19-14(2)15-8-4-3-5-9-15;/h3-5,8-9,13-14,16H,6-7,10-12,18H2,1-2H3,(H,19,21);1H. The second-order valence-electron chi connectivity index (χ2n) is 6.09. The number of amides is 1. The summed E-state index contributed by atoms with van der Waals surface area (Å²) in [6.45, 7) is 5.47. The van der Waals surface area contributed by atoms with E-state index in [9.17, 15) is 4.79 Å². The average Bonchev–Trinajstić information content (AvgIpc) is 2.48. The SMILES string of the molecule is CC(NC(=O)CN1CCCCC1C(C)N)c1ccccc1.Cl. The first-order valence-corrected chi connectivity index (χ1v) is 7.92. The van der Waals surface area contributed by atoms with Gasteiger partial charge in [0.2, 0.25) is 5.91 Å². The van der Waals surface area contributed by atoms with Crippen LogP contribution in [0, 0.1) is 0 Å². The summed E-state index contributed by atoms with van der Waals surface area (Å²) < 4.78 is 0. The van der Waals surface area contributed by atoms with E-state index in [1.165, 1.54) is 6.42 Å². The Bertz CT molecular complexity index is 452. The van der Waals surface area contributed by atoms with Crippen LogP contribution in [0.25, 0.3) is 0 Å². The van der Waals surface area contributed by atoms with E-state index in [1.807, 2.05) is 44.2 Å². The fourth-order valence-electron chi connectivity index (χ4n) is 3.11. The fraction of sp³-hybridized carbons (Fsp3) is 0.588. The highest BCUT2D eigenvalue weighted by atomic mass is 35.5. The molecule has 1 amide bonds. The summed E-state index contributed by atoms with van der Waals surface area (Å²) in [4.78, 5) is 14.5. The van der Waals surface area contributed by atoms with Gasteiger partial charge in [-0.15, -0.1) is 12.4 Å². The minimum absolute atomic E-state index is 0. The third-order valence-electron chi connectivity index (χ3n) is 4.29. The maximum Gasteiger partial charge on any atom is 0.234 e. The lowest BCUT2D eigenvalue weighted by molar-refractivity contribution is -0.123. The number of carbonyl (C=O) groups is 1. The van der Waals surface area contributed by atoms with Crippen LogP contribution in [0.15, 0.2) is 30.3 Å². The molecule has 0 saturated carbocycles. The van der Waals surface area contributed by atoms with Gasteiger partial charge in [-0.3, -0.25) is 9.69 Å². The molecule has 22 heavy (non-hydrogen) atoms. The Labute approximate surface area is 139 Å². The van der Waals surface area contributed by atoms with Crippen molar-refractivity contribution in [3.63, 3.8) is 0 Å². The number of halogens is 1. The Morgan fingerprint density at radius 3 is 2.64 bits per heavy atom. The number of nitrogens with two attached hydrogens (primary N) is 1. The van der Waals surface area contributed by atoms with Crippen molar-refractivity contribution in [1.29, 1.82) is 0 Å². The summed E-state index contributed by atoms with van der Waals surface area (Å²) >= 11 is 0. The predicted molar refractivity (Wildman–Crippen MR) is 93.1 cm³/mol. The number of nitrogens with zero attached hydrogens (tertiary/aromatic N) is 1. The number of nitrogens with one attached hydrogen (secondary N) is 1. The lowest BCUT2D eigenvalue weighted by atomic mass is 9.97. The summed E-state index contributed by atoms with van der Waals surface area (Å²) in [5, 5.41) is 3.08. The van der Waals surface area contributed by atoms with Crippen molar-refractivity contribution < 1.29 is 4.79 Å². The molecule has 1 fully saturated rings. The van der Waals surface area contributed by atoms with E-state index < -0.39 is 0 Å². The molecule has 5 heteroatoms. The summed E-state index contributed by atoms with van der Waals surface area (Å²) in [5.41, 5.74) is 7.18. The van der Waals surface area contributed by atoms with Gasteiger partial charge in [0.25, 0.3) is 0 Å². The molecule has 1 aromatic rings. The number of rotatable bonds is 5. The molecule has 3 unspecified atom stereocenters. The van der Waals surface area contributed by atoms with Gasteiger partial charge < -0.3 is 11.1 Å². The van der Waals surface area contributed by atoms with E-state index >= 15 is 0 Å². The molecule has 0 aliphatic carbocycles. The fourth-order valence-corrected chi connectivity index (χ4v) is 3.11. The summed E-state index contributed by atoms with van der Waals surface area (Å²) in [7, 11) is 0. The molecule has 1 saturated heterocycles. The van der Waals surface area contributed by atoms with Crippen LogP contribution in [-0.4, -0.2) is 36.0 Å². The van der Waals surface area contributed by atoms with E-state index in [1.54, 1.807) is 0 Å². The molecule has 4 nitrogen and oxygen atoms in total. The molecule has 0 spiro atoms. The minimum Gasteiger partial charge on any atom is -0.348 e. The Morgan fingerprint density at radius 1 is 1.32 bits per heavy atom. The number of likely N-dealkylation sites (tertiary alicyclic amines) is 1. The lowest BCUT2D eigenvalue weighted by Gasteiger charge is -2.37. The van der Waals surface area contributed by atoms with Crippen LogP contribution in [-0.2, 0) is 4.79 Å². The number of hydrogen-bond acceptors (Lipinski definition) is 3. The molecular formula is C17H28ClN3O. The second-order valence-corrected chi connectivity index (χ2v) is 6.09. The van der Waals surface area contributed by atoms with Gasteiger partial charge in [-0.25, -0.2) is 0 Å². The van der Waals surface area contributed by atoms with Crippen molar-refractivity contribution in [2.45, 2.75) is 51.2 Å². The molecule has 0 radical (unpaired) electrons. The first-order chi connectivity index (χ1) is 10.1. The highest BCUT2D eigenvalue weighted by Crippen LogP contribution is 2.19. The smallest absolute Gasteiger partial charge is 0.234 e. The Hall–Kier alpha value is -1.10. The topological polar surface area (TPSA) is 58.4 Å². The number of hydrogen-bond donors (Lipinski definition) is 2. The Kier molecular flexibility index (Phi) is 7.87. The normalized spacial score (nSPS) is 21.5. The zero-order chi connectivity index (χ0) is 15.2. The minimum atomic E-state index is 0. The molecule has 1 aromatic carbocycles. The van der Waals surface area contributed by atoms with Crippen molar-refractivity contribution in [2.24, 2.45) is 5.73 Å². The maximum absolute atomic E-state index is 12.3. The van der Waals surface area contributed by atoms with E-state index in [-0.39, 0.29) is 30.4 Å². The van der Waals surface area contributed by atoms with Gasteiger partial charge in [-0.2, -0.15) is 0 Å². The van der Waals surface area contributed by atoms with E-state index in [2.05, 4.69) is 10.2 Å². The quantitative estimate of drug-likeness (QED) is 0.874. The van der Waals surface area contributed by atoms with Crippen molar-refractivity contribution in [3.8, 4) is 0 Å². The van der Waals surface area contributed by atoms with E-state index in [0.29, 0.717) is 12.6 Å².